The Morgan fingerprint density at radius 2 is 1.25 bits per heavy atom. The maximum atomic E-state index is 13.8. The van der Waals surface area contributed by atoms with Crippen LogP contribution in [0.2, 0.25) is 0 Å². The second-order valence-electron chi connectivity index (χ2n) is 7.79. The van der Waals surface area contributed by atoms with Gasteiger partial charge in [0.25, 0.3) is 11.8 Å². The average molecular weight is 485 g/mol. The molecule has 8 heteroatoms. The molecule has 1 heterocycles. The molecule has 0 atom stereocenters. The summed E-state index contributed by atoms with van der Waals surface area (Å²) in [4.78, 5) is 54.5. The molecule has 0 fully saturated rings. The van der Waals surface area contributed by atoms with Crippen molar-refractivity contribution in [3.8, 4) is 5.75 Å². The Balaban J connectivity index is 1.99. The fourth-order valence-corrected chi connectivity index (χ4v) is 3.81. The molecule has 8 nitrogen and oxygen atoms in total. The van der Waals surface area contributed by atoms with Crippen molar-refractivity contribution in [2.24, 2.45) is 0 Å². The van der Waals surface area contributed by atoms with Crippen LogP contribution in [0.3, 0.4) is 0 Å². The summed E-state index contributed by atoms with van der Waals surface area (Å²) in [6.45, 7) is 1.79. The summed E-state index contributed by atoms with van der Waals surface area (Å²) in [5, 5.41) is 0. The smallest absolute Gasteiger partial charge is 0.343 e. The Hall–Kier alpha value is -4.56. The van der Waals surface area contributed by atoms with Crippen molar-refractivity contribution >= 4 is 17.6 Å². The van der Waals surface area contributed by atoms with Crippen LogP contribution in [-0.2, 0) is 11.3 Å². The summed E-state index contributed by atoms with van der Waals surface area (Å²) in [7, 11) is 1.50. The lowest BCUT2D eigenvalue weighted by molar-refractivity contribution is 0.0922. The Morgan fingerprint density at radius 3 is 1.75 bits per heavy atom. The predicted octanol–water partition coefficient (Wildman–Crippen LogP) is 3.80. The Kier molecular flexibility index (Phi) is 7.36. The van der Waals surface area contributed by atoms with Crippen LogP contribution in [-0.4, -0.2) is 40.4 Å². The van der Waals surface area contributed by atoms with Crippen LogP contribution in [0.5, 0.6) is 5.75 Å². The van der Waals surface area contributed by atoms with Crippen LogP contribution in [0.4, 0.5) is 0 Å². The number of methoxy groups -OCH3 is 1. The van der Waals surface area contributed by atoms with Crippen molar-refractivity contribution in [3.63, 3.8) is 0 Å². The molecule has 36 heavy (non-hydrogen) atoms. The maximum absolute atomic E-state index is 13.8. The summed E-state index contributed by atoms with van der Waals surface area (Å²) in [6.07, 6.45) is 0. The molecule has 0 spiro atoms. The van der Waals surface area contributed by atoms with Gasteiger partial charge >= 0.3 is 5.69 Å². The molecule has 0 amide bonds. The van der Waals surface area contributed by atoms with E-state index in [1.165, 1.54) is 31.4 Å². The van der Waals surface area contributed by atoms with Crippen molar-refractivity contribution in [1.29, 1.82) is 0 Å². The van der Waals surface area contributed by atoms with Gasteiger partial charge in [-0.25, -0.2) is 13.9 Å². The van der Waals surface area contributed by atoms with Gasteiger partial charge in [-0.3, -0.25) is 14.4 Å². The summed E-state index contributed by atoms with van der Waals surface area (Å²) in [6, 6.07) is 22.5. The van der Waals surface area contributed by atoms with Gasteiger partial charge < -0.3 is 9.47 Å². The first-order valence-electron chi connectivity index (χ1n) is 11.3. The molecule has 4 rings (SSSR count). The molecule has 0 bridgehead atoms. The van der Waals surface area contributed by atoms with Crippen molar-refractivity contribution in [1.82, 2.24) is 9.13 Å². The van der Waals surface area contributed by atoms with E-state index in [1.54, 1.807) is 67.6 Å². The van der Waals surface area contributed by atoms with Gasteiger partial charge in [-0.15, -0.1) is 0 Å². The molecule has 0 aliphatic carbocycles. The SMILES string of the molecule is CCOCc1c(C(=O)c2ccc(OC)cc2)n(C(=O)c2ccccc2)c(=O)n1C(=O)c1ccccc1. The molecule has 0 radical (unpaired) electrons. The lowest BCUT2D eigenvalue weighted by Gasteiger charge is -2.10. The Morgan fingerprint density at radius 1 is 0.722 bits per heavy atom. The molecule has 0 aliphatic rings. The van der Waals surface area contributed by atoms with E-state index in [0.29, 0.717) is 5.75 Å². The summed E-state index contributed by atoms with van der Waals surface area (Å²) >= 11 is 0. The number of ether oxygens (including phenoxy) is 2. The number of carbonyl (C=O) groups is 3. The monoisotopic (exact) mass is 484 g/mol. The molecule has 182 valence electrons. The first kappa shape index (κ1) is 24.6. The number of hydrogen-bond donors (Lipinski definition) is 0. The minimum atomic E-state index is -0.940. The van der Waals surface area contributed by atoms with E-state index in [2.05, 4.69) is 0 Å². The number of rotatable bonds is 8. The minimum absolute atomic E-state index is 0.000743. The predicted molar refractivity (Wildman–Crippen MR) is 133 cm³/mol. The first-order chi connectivity index (χ1) is 17.5. The van der Waals surface area contributed by atoms with E-state index in [4.69, 9.17) is 9.47 Å². The van der Waals surface area contributed by atoms with Crippen LogP contribution in [0.15, 0.2) is 89.7 Å². The quantitative estimate of drug-likeness (QED) is 0.353. The zero-order valence-electron chi connectivity index (χ0n) is 19.8. The number of benzene rings is 3. The fourth-order valence-electron chi connectivity index (χ4n) is 3.81. The van der Waals surface area contributed by atoms with Crippen molar-refractivity contribution in [3.05, 3.63) is 123 Å². The van der Waals surface area contributed by atoms with Gasteiger partial charge in [-0.2, -0.15) is 0 Å². The zero-order chi connectivity index (χ0) is 25.7. The number of carbonyl (C=O) groups excluding carboxylic acids is 3. The zero-order valence-corrected chi connectivity index (χ0v) is 19.8. The molecule has 0 aliphatic heterocycles. The molecule has 4 aromatic rings. The maximum Gasteiger partial charge on any atom is 0.343 e. The molecular weight excluding hydrogens is 460 g/mol. The van der Waals surface area contributed by atoms with Crippen molar-refractivity contribution in [2.45, 2.75) is 13.5 Å². The van der Waals surface area contributed by atoms with E-state index in [0.717, 1.165) is 9.13 Å². The highest BCUT2D eigenvalue weighted by Crippen LogP contribution is 2.20. The standard InChI is InChI=1S/C28H24N2O6/c1-3-36-18-23-24(25(31)19-14-16-22(35-2)17-15-19)30(27(33)21-12-8-5-9-13-21)28(34)29(23)26(32)20-10-6-4-7-11-20/h4-17H,3,18H2,1-2H3. The number of imidazole rings is 1. The third kappa shape index (κ3) is 4.67. The fraction of sp³-hybridized carbons (Fsp3) is 0.143. The summed E-state index contributed by atoms with van der Waals surface area (Å²) in [5.41, 5.74) is -0.532. The highest BCUT2D eigenvalue weighted by atomic mass is 16.5. The number of ketones is 1. The van der Waals surface area contributed by atoms with Crippen LogP contribution < -0.4 is 10.4 Å². The third-order valence-electron chi connectivity index (χ3n) is 5.61. The highest BCUT2D eigenvalue weighted by Gasteiger charge is 2.32. The molecule has 0 unspecified atom stereocenters. The van der Waals surface area contributed by atoms with E-state index in [-0.39, 0.29) is 41.3 Å². The Labute approximate surface area is 207 Å². The van der Waals surface area contributed by atoms with Crippen LogP contribution >= 0.6 is 0 Å². The normalized spacial score (nSPS) is 10.7. The van der Waals surface area contributed by atoms with Gasteiger partial charge in [0.05, 0.1) is 19.4 Å². The number of hydrogen-bond acceptors (Lipinski definition) is 6. The lowest BCUT2D eigenvalue weighted by Crippen LogP contribution is -2.34. The topological polar surface area (TPSA) is 96.6 Å². The van der Waals surface area contributed by atoms with Gasteiger partial charge in [-0.1, -0.05) is 36.4 Å². The van der Waals surface area contributed by atoms with Crippen LogP contribution in [0.25, 0.3) is 0 Å². The largest absolute Gasteiger partial charge is 0.497 e. The number of nitrogens with zero attached hydrogens (tertiary/aromatic N) is 2. The van der Waals surface area contributed by atoms with Crippen LogP contribution in [0.1, 0.15) is 49.4 Å². The molecule has 3 aromatic carbocycles. The van der Waals surface area contributed by atoms with Gasteiger partial charge in [0, 0.05) is 23.3 Å². The summed E-state index contributed by atoms with van der Waals surface area (Å²) in [5.74, 6) is -1.46. The van der Waals surface area contributed by atoms with E-state index < -0.39 is 23.3 Å². The lowest BCUT2D eigenvalue weighted by atomic mass is 10.1. The van der Waals surface area contributed by atoms with E-state index >= 15 is 0 Å². The Bertz CT molecular complexity index is 1450. The van der Waals surface area contributed by atoms with Gasteiger partial charge in [0.1, 0.15) is 11.4 Å². The van der Waals surface area contributed by atoms with Gasteiger partial charge in [-0.05, 0) is 55.5 Å². The first-order valence-corrected chi connectivity index (χ1v) is 11.3. The molecule has 0 N–H and O–H groups in total. The van der Waals surface area contributed by atoms with Gasteiger partial charge in [0.2, 0.25) is 5.78 Å². The molecular formula is C28H24N2O6. The highest BCUT2D eigenvalue weighted by molar-refractivity contribution is 6.13. The van der Waals surface area contributed by atoms with Crippen molar-refractivity contribution in [2.75, 3.05) is 13.7 Å². The summed E-state index contributed by atoms with van der Waals surface area (Å²) < 4.78 is 12.3. The molecule has 0 saturated carbocycles. The third-order valence-corrected chi connectivity index (χ3v) is 5.61. The van der Waals surface area contributed by atoms with Gasteiger partial charge in [0.15, 0.2) is 0 Å². The second-order valence-corrected chi connectivity index (χ2v) is 7.79. The second kappa shape index (κ2) is 10.8. The number of aromatic nitrogens is 2. The average Bonchev–Trinajstić information content (AvgIpc) is 3.23. The van der Waals surface area contributed by atoms with Crippen LogP contribution in [0, 0.1) is 0 Å². The molecule has 1 aromatic heterocycles. The van der Waals surface area contributed by atoms with E-state index in [1.807, 2.05) is 0 Å². The minimum Gasteiger partial charge on any atom is -0.497 e. The molecule has 0 saturated heterocycles. The van der Waals surface area contributed by atoms with E-state index in [9.17, 15) is 19.2 Å². The van der Waals surface area contributed by atoms with Crippen molar-refractivity contribution < 1.29 is 23.9 Å².